The number of carbonyl (C=O) groups is 1. The second kappa shape index (κ2) is 7.06. The molecule has 2 saturated heterocycles. The van der Waals surface area contributed by atoms with Crippen LogP contribution < -0.4 is 10.0 Å². The van der Waals surface area contributed by atoms with Gasteiger partial charge in [0.25, 0.3) is 5.91 Å². The molecule has 0 saturated carbocycles. The predicted octanol–water partition coefficient (Wildman–Crippen LogP) is 1.29. The van der Waals surface area contributed by atoms with Crippen LogP contribution in [0.1, 0.15) is 28.9 Å². The van der Waals surface area contributed by atoms with Crippen molar-refractivity contribution in [3.8, 4) is 0 Å². The lowest BCUT2D eigenvalue weighted by Gasteiger charge is -2.38. The molecule has 2 fully saturated rings. The Morgan fingerprint density at radius 3 is 2.61 bits per heavy atom. The molecule has 0 aliphatic carbocycles. The molecule has 0 unspecified atom stereocenters. The standard InChI is InChI=1S/C14H21N3O3S2.ClH/c1-15-22(19,20)11-8-12(21-9-11)13(18)17-6-3-14(4-7-17)2-5-16-10-14;/h8-9,15-16H,2-7,10H2,1H3;1H. The fourth-order valence-corrected chi connectivity index (χ4v) is 5.22. The molecule has 0 radical (unpaired) electrons. The molecule has 3 rings (SSSR count). The highest BCUT2D eigenvalue weighted by Gasteiger charge is 2.38. The zero-order valence-corrected chi connectivity index (χ0v) is 15.5. The second-order valence-electron chi connectivity index (χ2n) is 6.07. The molecule has 1 aromatic rings. The number of nitrogens with one attached hydrogen (secondary N) is 2. The number of carbonyl (C=O) groups excluding carboxylic acids is 1. The highest BCUT2D eigenvalue weighted by molar-refractivity contribution is 7.89. The Bertz CT molecular complexity index is 659. The third-order valence-electron chi connectivity index (χ3n) is 4.81. The fourth-order valence-electron chi connectivity index (χ4n) is 3.25. The maximum absolute atomic E-state index is 12.5. The van der Waals surface area contributed by atoms with Gasteiger partial charge in [0.15, 0.2) is 0 Å². The van der Waals surface area contributed by atoms with E-state index in [1.807, 2.05) is 4.90 Å². The molecule has 0 aromatic carbocycles. The molecule has 2 N–H and O–H groups in total. The highest BCUT2D eigenvalue weighted by Crippen LogP contribution is 2.37. The van der Waals surface area contributed by atoms with Crippen LogP contribution in [0.5, 0.6) is 0 Å². The zero-order chi connectivity index (χ0) is 15.8. The molecule has 2 aliphatic rings. The quantitative estimate of drug-likeness (QED) is 0.829. The van der Waals surface area contributed by atoms with E-state index in [0.29, 0.717) is 10.3 Å². The van der Waals surface area contributed by atoms with Crippen molar-refractivity contribution in [1.82, 2.24) is 14.9 Å². The van der Waals surface area contributed by atoms with Crippen LogP contribution in [-0.4, -0.2) is 52.5 Å². The topological polar surface area (TPSA) is 78.5 Å². The summed E-state index contributed by atoms with van der Waals surface area (Å²) in [5.41, 5.74) is 0.368. The summed E-state index contributed by atoms with van der Waals surface area (Å²) in [6.07, 6.45) is 3.25. The SMILES string of the molecule is CNS(=O)(=O)c1csc(C(=O)N2CCC3(CCNC3)CC2)c1.Cl. The minimum atomic E-state index is -3.48. The number of halogens is 1. The van der Waals surface area contributed by atoms with Crippen LogP contribution in [0.3, 0.4) is 0 Å². The number of sulfonamides is 1. The van der Waals surface area contributed by atoms with Gasteiger partial charge in [0, 0.05) is 25.0 Å². The molecular weight excluding hydrogens is 358 g/mol. The van der Waals surface area contributed by atoms with Crippen LogP contribution in [0.4, 0.5) is 0 Å². The van der Waals surface area contributed by atoms with Gasteiger partial charge >= 0.3 is 0 Å². The Balaban J connectivity index is 0.00000192. The molecule has 6 nitrogen and oxygen atoms in total. The van der Waals surface area contributed by atoms with E-state index in [2.05, 4.69) is 10.0 Å². The third-order valence-corrected chi connectivity index (χ3v) is 7.27. The molecule has 1 amide bonds. The lowest BCUT2D eigenvalue weighted by atomic mass is 9.78. The molecule has 2 aliphatic heterocycles. The molecule has 0 bridgehead atoms. The van der Waals surface area contributed by atoms with Crippen molar-refractivity contribution in [2.45, 2.75) is 24.2 Å². The Morgan fingerprint density at radius 2 is 2.04 bits per heavy atom. The number of likely N-dealkylation sites (tertiary alicyclic amines) is 1. The van der Waals surface area contributed by atoms with E-state index in [1.54, 1.807) is 0 Å². The van der Waals surface area contributed by atoms with Crippen molar-refractivity contribution in [2.75, 3.05) is 33.2 Å². The first-order chi connectivity index (χ1) is 10.5. The number of rotatable bonds is 3. The van der Waals surface area contributed by atoms with E-state index in [9.17, 15) is 13.2 Å². The molecule has 0 atom stereocenters. The largest absolute Gasteiger partial charge is 0.338 e. The first-order valence-electron chi connectivity index (χ1n) is 7.48. The molecule has 3 heterocycles. The lowest BCUT2D eigenvalue weighted by molar-refractivity contribution is 0.0612. The van der Waals surface area contributed by atoms with Crippen LogP contribution >= 0.6 is 23.7 Å². The van der Waals surface area contributed by atoms with Gasteiger partial charge in [0.05, 0.1) is 9.77 Å². The second-order valence-corrected chi connectivity index (χ2v) is 8.87. The minimum Gasteiger partial charge on any atom is -0.338 e. The number of hydrogen-bond donors (Lipinski definition) is 2. The summed E-state index contributed by atoms with van der Waals surface area (Å²) >= 11 is 1.19. The average Bonchev–Trinajstić information content (AvgIpc) is 3.17. The maximum atomic E-state index is 12.5. The number of thiophene rings is 1. The summed E-state index contributed by atoms with van der Waals surface area (Å²) in [6.45, 7) is 3.64. The van der Waals surface area contributed by atoms with Gasteiger partial charge in [-0.25, -0.2) is 13.1 Å². The number of nitrogens with zero attached hydrogens (tertiary/aromatic N) is 1. The molecule has 1 aromatic heterocycles. The van der Waals surface area contributed by atoms with Gasteiger partial charge in [-0.1, -0.05) is 0 Å². The van der Waals surface area contributed by atoms with E-state index < -0.39 is 10.0 Å². The van der Waals surface area contributed by atoms with Crippen molar-refractivity contribution in [3.63, 3.8) is 0 Å². The lowest BCUT2D eigenvalue weighted by Crippen LogP contribution is -2.43. The van der Waals surface area contributed by atoms with E-state index >= 15 is 0 Å². The number of amides is 1. The maximum Gasteiger partial charge on any atom is 0.263 e. The molecule has 1 spiro atoms. The highest BCUT2D eigenvalue weighted by atomic mass is 35.5. The van der Waals surface area contributed by atoms with E-state index in [0.717, 1.165) is 39.0 Å². The first kappa shape index (κ1) is 18.7. The Hall–Kier alpha value is -0.670. The molecule has 23 heavy (non-hydrogen) atoms. The third kappa shape index (κ3) is 3.71. The monoisotopic (exact) mass is 379 g/mol. The Labute approximate surface area is 147 Å². The van der Waals surface area contributed by atoms with Gasteiger partial charge in [0.1, 0.15) is 0 Å². The fraction of sp³-hybridized carbons (Fsp3) is 0.643. The van der Waals surface area contributed by atoms with Crippen LogP contribution in [-0.2, 0) is 10.0 Å². The Kier molecular flexibility index (Phi) is 5.73. The summed E-state index contributed by atoms with van der Waals surface area (Å²) in [4.78, 5) is 15.0. The van der Waals surface area contributed by atoms with Crippen molar-refractivity contribution in [2.24, 2.45) is 5.41 Å². The van der Waals surface area contributed by atoms with Crippen LogP contribution in [0.15, 0.2) is 16.3 Å². The zero-order valence-electron chi connectivity index (χ0n) is 13.0. The van der Waals surface area contributed by atoms with Gasteiger partial charge < -0.3 is 10.2 Å². The van der Waals surface area contributed by atoms with Gasteiger partial charge in [-0.2, -0.15) is 0 Å². The van der Waals surface area contributed by atoms with Crippen LogP contribution in [0.25, 0.3) is 0 Å². The van der Waals surface area contributed by atoms with Gasteiger partial charge in [-0.05, 0) is 44.3 Å². The van der Waals surface area contributed by atoms with E-state index in [4.69, 9.17) is 0 Å². The molecular formula is C14H22ClN3O3S2. The van der Waals surface area contributed by atoms with Crippen molar-refractivity contribution >= 4 is 39.7 Å². The first-order valence-corrected chi connectivity index (χ1v) is 9.84. The molecule has 130 valence electrons. The summed E-state index contributed by atoms with van der Waals surface area (Å²) in [6, 6.07) is 1.47. The predicted molar refractivity (Wildman–Crippen MR) is 92.9 cm³/mol. The number of hydrogen-bond acceptors (Lipinski definition) is 5. The smallest absolute Gasteiger partial charge is 0.263 e. The summed E-state index contributed by atoms with van der Waals surface area (Å²) in [5, 5.41) is 4.93. The Morgan fingerprint density at radius 1 is 1.35 bits per heavy atom. The number of piperidine rings is 1. The van der Waals surface area contributed by atoms with Crippen LogP contribution in [0, 0.1) is 5.41 Å². The average molecular weight is 380 g/mol. The summed E-state index contributed by atoms with van der Waals surface area (Å²) < 4.78 is 25.8. The normalized spacial score (nSPS) is 20.5. The van der Waals surface area contributed by atoms with Gasteiger partial charge in [-0.3, -0.25) is 4.79 Å². The van der Waals surface area contributed by atoms with Gasteiger partial charge in [0.2, 0.25) is 10.0 Å². The van der Waals surface area contributed by atoms with E-state index in [1.165, 1.54) is 36.3 Å². The summed E-state index contributed by atoms with van der Waals surface area (Å²) in [5.74, 6) is -0.0524. The van der Waals surface area contributed by atoms with Crippen LogP contribution in [0.2, 0.25) is 0 Å². The van der Waals surface area contributed by atoms with Gasteiger partial charge in [-0.15, -0.1) is 23.7 Å². The molecule has 9 heteroatoms. The van der Waals surface area contributed by atoms with Crippen molar-refractivity contribution in [3.05, 3.63) is 16.3 Å². The summed E-state index contributed by atoms with van der Waals surface area (Å²) in [7, 11) is -2.11. The van der Waals surface area contributed by atoms with Crippen molar-refractivity contribution in [1.29, 1.82) is 0 Å². The van der Waals surface area contributed by atoms with Crippen molar-refractivity contribution < 1.29 is 13.2 Å². The van der Waals surface area contributed by atoms with E-state index in [-0.39, 0.29) is 23.2 Å². The minimum absolute atomic E-state index is 0.